The van der Waals surface area contributed by atoms with Crippen LogP contribution in [0.1, 0.15) is 50.7 Å². The van der Waals surface area contributed by atoms with Crippen molar-refractivity contribution in [2.75, 3.05) is 13.1 Å². The van der Waals surface area contributed by atoms with Gasteiger partial charge in [0.25, 0.3) is 0 Å². The van der Waals surface area contributed by atoms with Crippen molar-refractivity contribution >= 4 is 5.97 Å². The van der Waals surface area contributed by atoms with Crippen LogP contribution in [0, 0.1) is 11.2 Å². The number of nitrogens with zero attached hydrogens (tertiary/aromatic N) is 1. The van der Waals surface area contributed by atoms with Crippen LogP contribution in [0.25, 0.3) is 0 Å². The Morgan fingerprint density at radius 2 is 2.09 bits per heavy atom. The molecule has 1 saturated heterocycles. The van der Waals surface area contributed by atoms with Crippen molar-refractivity contribution in [2.24, 2.45) is 5.41 Å². The second-order valence-corrected chi connectivity index (χ2v) is 6.95. The Kier molecular flexibility index (Phi) is 4.72. The smallest absolute Gasteiger partial charge is 0.312 e. The summed E-state index contributed by atoms with van der Waals surface area (Å²) in [6.45, 7) is 6.83. The predicted molar refractivity (Wildman–Crippen MR) is 87.5 cm³/mol. The summed E-state index contributed by atoms with van der Waals surface area (Å²) in [5.41, 5.74) is 2.09. The molecule has 2 aliphatic rings. The molecule has 1 unspecified atom stereocenters. The van der Waals surface area contributed by atoms with Gasteiger partial charge in [-0.05, 0) is 48.9 Å². The fraction of sp³-hybridized carbons (Fsp3) is 0.632. The summed E-state index contributed by atoms with van der Waals surface area (Å²) in [6, 6.07) is 5.09. The second-order valence-electron chi connectivity index (χ2n) is 6.95. The van der Waals surface area contributed by atoms with Crippen LogP contribution in [0.2, 0.25) is 0 Å². The number of carbonyl (C=O) groups excluding carboxylic acids is 1. The highest BCUT2D eigenvalue weighted by molar-refractivity contribution is 5.78. The molecule has 2 aliphatic heterocycles. The molecule has 3 rings (SSSR count). The summed E-state index contributed by atoms with van der Waals surface area (Å²) in [6.07, 6.45) is 4.44. The van der Waals surface area contributed by atoms with Crippen LogP contribution in [0.15, 0.2) is 18.2 Å². The molecule has 2 heterocycles. The average Bonchev–Trinajstić information content (AvgIpc) is 2.89. The van der Waals surface area contributed by atoms with Gasteiger partial charge in [-0.2, -0.15) is 0 Å². The third-order valence-corrected chi connectivity index (χ3v) is 5.71. The van der Waals surface area contributed by atoms with Gasteiger partial charge in [0.2, 0.25) is 0 Å². The molecule has 0 amide bonds. The summed E-state index contributed by atoms with van der Waals surface area (Å²) in [5, 5.41) is 0. The number of hydrogen-bond donors (Lipinski definition) is 0. The fourth-order valence-corrected chi connectivity index (χ4v) is 3.93. The molecule has 23 heavy (non-hydrogen) atoms. The monoisotopic (exact) mass is 319 g/mol. The average molecular weight is 319 g/mol. The summed E-state index contributed by atoms with van der Waals surface area (Å²) in [7, 11) is 0. The Morgan fingerprint density at radius 3 is 2.78 bits per heavy atom. The first-order valence-corrected chi connectivity index (χ1v) is 8.77. The van der Waals surface area contributed by atoms with E-state index in [1.165, 1.54) is 5.56 Å². The maximum atomic E-state index is 13.4. The number of benzene rings is 1. The number of hydrogen-bond acceptors (Lipinski definition) is 3. The second kappa shape index (κ2) is 6.60. The van der Waals surface area contributed by atoms with Crippen LogP contribution in [-0.2, 0) is 22.5 Å². The van der Waals surface area contributed by atoms with Gasteiger partial charge >= 0.3 is 5.97 Å². The molecule has 126 valence electrons. The maximum absolute atomic E-state index is 13.4. The summed E-state index contributed by atoms with van der Waals surface area (Å²) in [4.78, 5) is 14.5. The molecule has 0 aromatic heterocycles. The van der Waals surface area contributed by atoms with Crippen molar-refractivity contribution in [3.8, 4) is 0 Å². The van der Waals surface area contributed by atoms with E-state index < -0.39 is 0 Å². The van der Waals surface area contributed by atoms with Gasteiger partial charge in [-0.25, -0.2) is 4.39 Å². The summed E-state index contributed by atoms with van der Waals surface area (Å²) < 4.78 is 19.0. The molecule has 3 nitrogen and oxygen atoms in total. The lowest BCUT2D eigenvalue weighted by Gasteiger charge is -2.29. The standard InChI is InChI=1S/C19H26FNO2/c1-3-19(4-2)12-17(23-18(19)22)8-10-21-9-7-14-5-6-16(20)11-15(14)13-21/h5-6,11,17H,3-4,7-10,12-13H2,1-2H3. The number of fused-ring (bicyclic) bond motifs is 1. The van der Waals surface area contributed by atoms with E-state index in [1.807, 2.05) is 6.07 Å². The van der Waals surface area contributed by atoms with Crippen LogP contribution < -0.4 is 0 Å². The van der Waals surface area contributed by atoms with Crippen molar-refractivity contribution in [1.29, 1.82) is 0 Å². The summed E-state index contributed by atoms with van der Waals surface area (Å²) in [5.74, 6) is -0.176. The number of carbonyl (C=O) groups is 1. The van der Waals surface area contributed by atoms with Crippen LogP contribution in [-0.4, -0.2) is 30.1 Å². The van der Waals surface area contributed by atoms with Crippen LogP contribution in [0.5, 0.6) is 0 Å². The zero-order chi connectivity index (χ0) is 16.4. The first kappa shape index (κ1) is 16.4. The van der Waals surface area contributed by atoms with Crippen molar-refractivity contribution < 1.29 is 13.9 Å². The van der Waals surface area contributed by atoms with E-state index in [2.05, 4.69) is 18.7 Å². The molecule has 0 spiro atoms. The van der Waals surface area contributed by atoms with Gasteiger partial charge in [-0.1, -0.05) is 19.9 Å². The SMILES string of the molecule is CCC1(CC)CC(CCN2CCc3ccc(F)cc3C2)OC1=O. The Bertz CT molecular complexity index is 583. The molecule has 1 atom stereocenters. The van der Waals surface area contributed by atoms with Crippen molar-refractivity contribution in [3.63, 3.8) is 0 Å². The van der Waals surface area contributed by atoms with E-state index in [1.54, 1.807) is 12.1 Å². The zero-order valence-corrected chi connectivity index (χ0v) is 14.1. The maximum Gasteiger partial charge on any atom is 0.312 e. The number of esters is 1. The van der Waals surface area contributed by atoms with Gasteiger partial charge in [0, 0.05) is 26.1 Å². The molecule has 0 radical (unpaired) electrons. The van der Waals surface area contributed by atoms with E-state index in [-0.39, 0.29) is 23.3 Å². The Morgan fingerprint density at radius 1 is 1.30 bits per heavy atom. The highest BCUT2D eigenvalue weighted by Crippen LogP contribution is 2.41. The predicted octanol–water partition coefficient (Wildman–Crippen LogP) is 3.70. The van der Waals surface area contributed by atoms with Gasteiger partial charge in [0.05, 0.1) is 5.41 Å². The highest BCUT2D eigenvalue weighted by Gasteiger charge is 2.46. The highest BCUT2D eigenvalue weighted by atomic mass is 19.1. The molecule has 1 aromatic carbocycles. The zero-order valence-electron chi connectivity index (χ0n) is 14.1. The van der Waals surface area contributed by atoms with Gasteiger partial charge in [0.1, 0.15) is 11.9 Å². The molecule has 1 aromatic rings. The number of rotatable bonds is 5. The first-order chi connectivity index (χ1) is 11.1. The molecule has 1 fully saturated rings. The van der Waals surface area contributed by atoms with Crippen LogP contribution in [0.3, 0.4) is 0 Å². The van der Waals surface area contributed by atoms with Crippen LogP contribution in [0.4, 0.5) is 4.39 Å². The lowest BCUT2D eigenvalue weighted by atomic mass is 9.79. The molecular formula is C19H26FNO2. The first-order valence-electron chi connectivity index (χ1n) is 8.77. The quantitative estimate of drug-likeness (QED) is 0.775. The molecule has 0 aliphatic carbocycles. The van der Waals surface area contributed by atoms with Crippen LogP contribution >= 0.6 is 0 Å². The lowest BCUT2D eigenvalue weighted by molar-refractivity contribution is -0.149. The summed E-state index contributed by atoms with van der Waals surface area (Å²) >= 11 is 0. The lowest BCUT2D eigenvalue weighted by Crippen LogP contribution is -2.33. The molecule has 0 saturated carbocycles. The van der Waals surface area contributed by atoms with Crippen molar-refractivity contribution in [2.45, 2.75) is 58.6 Å². The number of halogens is 1. The van der Waals surface area contributed by atoms with E-state index in [0.717, 1.165) is 57.3 Å². The van der Waals surface area contributed by atoms with E-state index in [0.29, 0.717) is 0 Å². The van der Waals surface area contributed by atoms with Gasteiger partial charge in [-0.3, -0.25) is 9.69 Å². The minimum Gasteiger partial charge on any atom is -0.462 e. The van der Waals surface area contributed by atoms with Gasteiger partial charge in [0.15, 0.2) is 0 Å². The number of cyclic esters (lactones) is 1. The molecule has 4 heteroatoms. The topological polar surface area (TPSA) is 29.5 Å². The minimum atomic E-state index is -0.262. The third-order valence-electron chi connectivity index (χ3n) is 5.71. The largest absolute Gasteiger partial charge is 0.462 e. The van der Waals surface area contributed by atoms with Crippen molar-refractivity contribution in [1.82, 2.24) is 4.90 Å². The molecule has 0 N–H and O–H groups in total. The minimum absolute atomic E-state index is 0.0152. The van der Waals surface area contributed by atoms with E-state index in [4.69, 9.17) is 4.74 Å². The number of ether oxygens (including phenoxy) is 1. The third kappa shape index (κ3) is 3.27. The normalized spacial score (nSPS) is 23.6. The Labute approximate surface area is 137 Å². The van der Waals surface area contributed by atoms with E-state index in [9.17, 15) is 9.18 Å². The van der Waals surface area contributed by atoms with Crippen molar-refractivity contribution in [3.05, 3.63) is 35.1 Å². The molecule has 0 bridgehead atoms. The Balaban J connectivity index is 1.55. The Hall–Kier alpha value is -1.42. The van der Waals surface area contributed by atoms with E-state index >= 15 is 0 Å². The van der Waals surface area contributed by atoms with Gasteiger partial charge < -0.3 is 4.74 Å². The molecular weight excluding hydrogens is 293 g/mol. The fourth-order valence-electron chi connectivity index (χ4n) is 3.93. The van der Waals surface area contributed by atoms with Gasteiger partial charge in [-0.15, -0.1) is 0 Å².